The summed E-state index contributed by atoms with van der Waals surface area (Å²) in [7, 11) is 0. The second kappa shape index (κ2) is 6.14. The second-order valence-corrected chi connectivity index (χ2v) is 6.29. The van der Waals surface area contributed by atoms with E-state index in [9.17, 15) is 4.79 Å². The zero-order valence-electron chi connectivity index (χ0n) is 11.4. The third-order valence-electron chi connectivity index (χ3n) is 3.91. The van der Waals surface area contributed by atoms with Crippen LogP contribution in [0.15, 0.2) is 16.6 Å². The van der Waals surface area contributed by atoms with E-state index in [1.807, 2.05) is 6.07 Å². The van der Waals surface area contributed by atoms with Gasteiger partial charge in [-0.05, 0) is 37.1 Å². The van der Waals surface area contributed by atoms with Crippen LogP contribution < -0.4 is 15.4 Å². The lowest BCUT2D eigenvalue weighted by atomic mass is 10.0. The van der Waals surface area contributed by atoms with E-state index in [-0.39, 0.29) is 11.9 Å². The van der Waals surface area contributed by atoms with Crippen LogP contribution in [0.2, 0.25) is 0 Å². The first kappa shape index (κ1) is 13.9. The third kappa shape index (κ3) is 2.99. The first-order chi connectivity index (χ1) is 9.74. The molecule has 2 aliphatic rings. The number of nitrogens with one attached hydrogen (secondary N) is 2. The van der Waals surface area contributed by atoms with Crippen molar-refractivity contribution in [1.29, 1.82) is 0 Å². The van der Waals surface area contributed by atoms with Gasteiger partial charge in [-0.25, -0.2) is 0 Å². The summed E-state index contributed by atoms with van der Waals surface area (Å²) in [5, 5.41) is 6.29. The van der Waals surface area contributed by atoms with Crippen molar-refractivity contribution in [2.45, 2.75) is 38.3 Å². The molecule has 108 valence electrons. The van der Waals surface area contributed by atoms with Crippen LogP contribution in [0.5, 0.6) is 5.75 Å². The summed E-state index contributed by atoms with van der Waals surface area (Å²) in [6.45, 7) is 2.20. The lowest BCUT2D eigenvalue weighted by Crippen LogP contribution is -2.46. The first-order valence-electron chi connectivity index (χ1n) is 7.19. The normalized spacial score (nSPS) is 21.1. The Bertz CT molecular complexity index is 513. The molecule has 1 amide bonds. The van der Waals surface area contributed by atoms with E-state index in [0.29, 0.717) is 6.54 Å². The average molecular weight is 339 g/mol. The Kier molecular flexibility index (Phi) is 4.27. The Morgan fingerprint density at radius 2 is 2.35 bits per heavy atom. The zero-order valence-corrected chi connectivity index (χ0v) is 13.0. The fourth-order valence-electron chi connectivity index (χ4n) is 2.86. The molecule has 4 nitrogen and oxygen atoms in total. The smallest absolute Gasteiger partial charge is 0.237 e. The van der Waals surface area contributed by atoms with E-state index in [0.717, 1.165) is 54.6 Å². The number of fused-ring (bicyclic) bond motifs is 1. The highest BCUT2D eigenvalue weighted by atomic mass is 79.9. The largest absolute Gasteiger partial charge is 0.493 e. The maximum atomic E-state index is 12.1. The summed E-state index contributed by atoms with van der Waals surface area (Å²) in [4.78, 5) is 12.1. The molecule has 1 saturated heterocycles. The summed E-state index contributed by atoms with van der Waals surface area (Å²) < 4.78 is 6.72. The molecule has 0 spiro atoms. The Hall–Kier alpha value is -1.07. The van der Waals surface area contributed by atoms with Gasteiger partial charge >= 0.3 is 0 Å². The van der Waals surface area contributed by atoms with Gasteiger partial charge in [0.15, 0.2) is 0 Å². The second-order valence-electron chi connectivity index (χ2n) is 5.37. The molecule has 2 N–H and O–H groups in total. The van der Waals surface area contributed by atoms with E-state index in [1.54, 1.807) is 0 Å². The fourth-order valence-corrected chi connectivity index (χ4v) is 3.41. The van der Waals surface area contributed by atoms with Gasteiger partial charge in [0.2, 0.25) is 5.91 Å². The van der Waals surface area contributed by atoms with Crippen molar-refractivity contribution in [3.63, 3.8) is 0 Å². The van der Waals surface area contributed by atoms with Gasteiger partial charge in [0.1, 0.15) is 5.75 Å². The van der Waals surface area contributed by atoms with Gasteiger partial charge in [-0.2, -0.15) is 0 Å². The Labute approximate surface area is 127 Å². The van der Waals surface area contributed by atoms with Gasteiger partial charge in [0.25, 0.3) is 0 Å². The number of rotatable bonds is 3. The van der Waals surface area contributed by atoms with Crippen molar-refractivity contribution >= 4 is 21.8 Å². The number of hydrogen-bond donors (Lipinski definition) is 2. The van der Waals surface area contributed by atoms with Gasteiger partial charge in [-0.15, -0.1) is 0 Å². The molecule has 2 aliphatic heterocycles. The molecule has 0 bridgehead atoms. The lowest BCUT2D eigenvalue weighted by molar-refractivity contribution is -0.123. The van der Waals surface area contributed by atoms with Gasteiger partial charge < -0.3 is 15.4 Å². The molecule has 1 fully saturated rings. The molecular weight excluding hydrogens is 320 g/mol. The molecule has 0 radical (unpaired) electrons. The molecule has 0 saturated carbocycles. The van der Waals surface area contributed by atoms with E-state index in [1.165, 1.54) is 5.56 Å². The number of carbonyl (C=O) groups excluding carboxylic acids is 1. The van der Waals surface area contributed by atoms with Crippen molar-refractivity contribution in [3.05, 3.63) is 27.7 Å². The van der Waals surface area contributed by atoms with Crippen LogP contribution in [0, 0.1) is 0 Å². The molecule has 1 aromatic carbocycles. The highest BCUT2D eigenvalue weighted by Gasteiger charge is 2.22. The van der Waals surface area contributed by atoms with Crippen LogP contribution in [0.1, 0.15) is 30.4 Å². The van der Waals surface area contributed by atoms with E-state index >= 15 is 0 Å². The molecule has 2 heterocycles. The summed E-state index contributed by atoms with van der Waals surface area (Å²) in [6, 6.07) is 4.08. The maximum Gasteiger partial charge on any atom is 0.237 e. The zero-order chi connectivity index (χ0) is 13.9. The monoisotopic (exact) mass is 338 g/mol. The summed E-state index contributed by atoms with van der Waals surface area (Å²) in [5.74, 6) is 1.04. The number of halogens is 1. The summed E-state index contributed by atoms with van der Waals surface area (Å²) >= 11 is 3.52. The highest BCUT2D eigenvalue weighted by Crippen LogP contribution is 2.32. The van der Waals surface area contributed by atoms with Crippen LogP contribution in [0.25, 0.3) is 0 Å². The van der Waals surface area contributed by atoms with Gasteiger partial charge in [-0.3, -0.25) is 4.79 Å². The van der Waals surface area contributed by atoms with Gasteiger partial charge in [-0.1, -0.05) is 22.4 Å². The van der Waals surface area contributed by atoms with E-state index in [2.05, 4.69) is 32.6 Å². The molecule has 0 unspecified atom stereocenters. The number of hydrogen-bond acceptors (Lipinski definition) is 3. The quantitative estimate of drug-likeness (QED) is 0.887. The molecular formula is C15H19BrN2O2. The minimum atomic E-state index is -0.0372. The van der Waals surface area contributed by atoms with Crippen molar-refractivity contribution < 1.29 is 9.53 Å². The highest BCUT2D eigenvalue weighted by molar-refractivity contribution is 9.10. The Morgan fingerprint density at radius 3 is 3.15 bits per heavy atom. The first-order valence-corrected chi connectivity index (χ1v) is 7.98. The van der Waals surface area contributed by atoms with Crippen molar-refractivity contribution in [3.8, 4) is 5.75 Å². The van der Waals surface area contributed by atoms with E-state index < -0.39 is 0 Å². The molecule has 1 atom stereocenters. The van der Waals surface area contributed by atoms with Crippen LogP contribution >= 0.6 is 15.9 Å². The average Bonchev–Trinajstić information content (AvgIpc) is 2.93. The number of ether oxygens (including phenoxy) is 1. The van der Waals surface area contributed by atoms with Crippen molar-refractivity contribution in [2.24, 2.45) is 0 Å². The predicted molar refractivity (Wildman–Crippen MR) is 80.8 cm³/mol. The summed E-state index contributed by atoms with van der Waals surface area (Å²) in [6.07, 6.45) is 4.16. The molecule has 5 heteroatoms. The SMILES string of the molecule is O=C(NCc1cc(Br)cc2c1OCC2)[C@H]1CCCCN1. The van der Waals surface area contributed by atoms with Gasteiger partial charge in [0, 0.05) is 23.0 Å². The molecule has 0 aliphatic carbocycles. The molecule has 0 aromatic heterocycles. The topological polar surface area (TPSA) is 50.4 Å². The van der Waals surface area contributed by atoms with Crippen LogP contribution in [0.3, 0.4) is 0 Å². The Balaban J connectivity index is 1.65. The molecule has 3 rings (SSSR count). The van der Waals surface area contributed by atoms with Crippen LogP contribution in [-0.2, 0) is 17.8 Å². The van der Waals surface area contributed by atoms with Gasteiger partial charge in [0.05, 0.1) is 12.6 Å². The lowest BCUT2D eigenvalue weighted by Gasteiger charge is -2.22. The Morgan fingerprint density at radius 1 is 1.45 bits per heavy atom. The standard InChI is InChI=1S/C15H19BrN2O2/c16-12-7-10-4-6-20-14(10)11(8-12)9-18-15(19)13-3-1-2-5-17-13/h7-8,13,17H,1-6,9H2,(H,18,19)/t13-/m1/s1. The van der Waals surface area contributed by atoms with Crippen LogP contribution in [0.4, 0.5) is 0 Å². The van der Waals surface area contributed by atoms with Crippen LogP contribution in [-0.4, -0.2) is 25.1 Å². The molecule has 20 heavy (non-hydrogen) atoms. The fraction of sp³-hybridized carbons (Fsp3) is 0.533. The third-order valence-corrected chi connectivity index (χ3v) is 4.36. The molecule has 1 aromatic rings. The maximum absolute atomic E-state index is 12.1. The summed E-state index contributed by atoms with van der Waals surface area (Å²) in [5.41, 5.74) is 2.27. The predicted octanol–water partition coefficient (Wildman–Crippen LogP) is 2.14. The number of piperidine rings is 1. The minimum Gasteiger partial charge on any atom is -0.493 e. The van der Waals surface area contributed by atoms with Crippen molar-refractivity contribution in [1.82, 2.24) is 10.6 Å². The number of amides is 1. The number of benzene rings is 1. The number of carbonyl (C=O) groups is 1. The van der Waals surface area contributed by atoms with Crippen molar-refractivity contribution in [2.75, 3.05) is 13.2 Å². The van der Waals surface area contributed by atoms with E-state index in [4.69, 9.17) is 4.74 Å². The minimum absolute atomic E-state index is 0.0372.